The number of rotatable bonds is 3. The van der Waals surface area contributed by atoms with Gasteiger partial charge in [-0.25, -0.2) is 0 Å². The Hall–Kier alpha value is -0.490. The van der Waals surface area contributed by atoms with Gasteiger partial charge < -0.3 is 5.73 Å². The monoisotopic (exact) mass is 291 g/mol. The molecule has 1 aromatic heterocycles. The highest BCUT2D eigenvalue weighted by Crippen LogP contribution is 2.30. The topological polar surface area (TPSA) is 51.8 Å². The van der Waals surface area contributed by atoms with Gasteiger partial charge in [-0.1, -0.05) is 46.3 Å². The molecule has 0 bridgehead atoms. The highest BCUT2D eigenvalue weighted by atomic mass is 35.5. The van der Waals surface area contributed by atoms with Crippen LogP contribution in [0.3, 0.4) is 0 Å². The molecule has 0 saturated carbocycles. The van der Waals surface area contributed by atoms with Gasteiger partial charge in [0.15, 0.2) is 4.34 Å². The molecule has 1 heterocycles. The first kappa shape index (κ1) is 12.0. The first-order valence-electron chi connectivity index (χ1n) is 4.31. The van der Waals surface area contributed by atoms with Gasteiger partial charge in [-0.3, -0.25) is 0 Å². The van der Waals surface area contributed by atoms with Crippen LogP contribution >= 0.6 is 46.3 Å². The summed E-state index contributed by atoms with van der Waals surface area (Å²) in [5.41, 5.74) is 6.47. The summed E-state index contributed by atoms with van der Waals surface area (Å²) in [6, 6.07) is 5.40. The summed E-state index contributed by atoms with van der Waals surface area (Å²) in [6.45, 7) is 0. The number of nitrogens with zero attached hydrogens (tertiary/aromatic N) is 2. The van der Waals surface area contributed by atoms with E-state index in [1.807, 2.05) is 6.07 Å². The van der Waals surface area contributed by atoms with E-state index in [1.54, 1.807) is 12.1 Å². The third-order valence-corrected chi connectivity index (χ3v) is 4.32. The van der Waals surface area contributed by atoms with E-state index in [1.165, 1.54) is 23.1 Å². The van der Waals surface area contributed by atoms with E-state index < -0.39 is 0 Å². The van der Waals surface area contributed by atoms with E-state index in [0.29, 0.717) is 20.9 Å². The van der Waals surface area contributed by atoms with Crippen molar-refractivity contribution in [3.8, 4) is 0 Å². The Morgan fingerprint density at radius 3 is 2.81 bits per heavy atom. The van der Waals surface area contributed by atoms with E-state index in [9.17, 15) is 0 Å². The second-order valence-electron chi connectivity index (χ2n) is 2.93. The minimum Gasteiger partial charge on any atom is -0.374 e. The predicted molar refractivity (Wildman–Crippen MR) is 70.3 cm³/mol. The maximum atomic E-state index is 6.04. The Bertz CT molecular complexity index is 501. The lowest BCUT2D eigenvalue weighted by Crippen LogP contribution is -1.83. The van der Waals surface area contributed by atoms with Crippen LogP contribution in [0.1, 0.15) is 5.56 Å². The maximum Gasteiger partial charge on any atom is 0.203 e. The first-order valence-corrected chi connectivity index (χ1v) is 6.86. The highest BCUT2D eigenvalue weighted by molar-refractivity contribution is 8.00. The molecule has 0 saturated heterocycles. The summed E-state index contributed by atoms with van der Waals surface area (Å²) in [5.74, 6) is 0.702. The molecule has 2 aromatic rings. The van der Waals surface area contributed by atoms with Gasteiger partial charge in [-0.15, -0.1) is 10.2 Å². The number of halogens is 2. The van der Waals surface area contributed by atoms with Crippen molar-refractivity contribution in [2.75, 3.05) is 5.73 Å². The third-order valence-electron chi connectivity index (χ3n) is 1.78. The second kappa shape index (κ2) is 5.23. The molecule has 0 amide bonds. The molecular weight excluding hydrogens is 285 g/mol. The van der Waals surface area contributed by atoms with E-state index in [2.05, 4.69) is 10.2 Å². The van der Waals surface area contributed by atoms with Crippen molar-refractivity contribution in [3.05, 3.63) is 33.8 Å². The fourth-order valence-electron chi connectivity index (χ4n) is 1.07. The Labute approximate surface area is 111 Å². The van der Waals surface area contributed by atoms with Crippen molar-refractivity contribution in [2.45, 2.75) is 10.1 Å². The lowest BCUT2D eigenvalue weighted by molar-refractivity contribution is 1.02. The lowest BCUT2D eigenvalue weighted by Gasteiger charge is -2.02. The molecule has 0 aliphatic heterocycles. The molecule has 0 fully saturated rings. The maximum absolute atomic E-state index is 6.04. The molecule has 1 aromatic carbocycles. The number of hydrogen-bond donors (Lipinski definition) is 1. The molecule has 84 valence electrons. The molecule has 0 radical (unpaired) electrons. The minimum absolute atomic E-state index is 0.472. The minimum atomic E-state index is 0.472. The Morgan fingerprint density at radius 1 is 1.31 bits per heavy atom. The quantitative estimate of drug-likeness (QED) is 0.876. The fraction of sp³-hybridized carbons (Fsp3) is 0.111. The van der Waals surface area contributed by atoms with Crippen molar-refractivity contribution in [1.82, 2.24) is 10.2 Å². The first-order chi connectivity index (χ1) is 7.65. The predicted octanol–water partition coefficient (Wildman–Crippen LogP) is 3.72. The number of nitrogens with two attached hydrogens (primary N) is 1. The molecule has 3 nitrogen and oxygen atoms in total. The lowest BCUT2D eigenvalue weighted by atomic mass is 10.2. The smallest absolute Gasteiger partial charge is 0.203 e. The van der Waals surface area contributed by atoms with Crippen molar-refractivity contribution >= 4 is 51.4 Å². The number of benzene rings is 1. The zero-order valence-electron chi connectivity index (χ0n) is 7.98. The highest BCUT2D eigenvalue weighted by Gasteiger charge is 2.05. The van der Waals surface area contributed by atoms with Gasteiger partial charge in [0.2, 0.25) is 5.13 Å². The summed E-state index contributed by atoms with van der Waals surface area (Å²) in [6.07, 6.45) is 0. The number of aromatic nitrogens is 2. The van der Waals surface area contributed by atoms with Crippen LogP contribution in [0.4, 0.5) is 5.13 Å². The van der Waals surface area contributed by atoms with Crippen molar-refractivity contribution in [3.63, 3.8) is 0 Å². The van der Waals surface area contributed by atoms with Gasteiger partial charge in [-0.05, 0) is 23.8 Å². The van der Waals surface area contributed by atoms with Crippen LogP contribution in [-0.4, -0.2) is 10.2 Å². The number of anilines is 1. The summed E-state index contributed by atoms with van der Waals surface area (Å²) in [5, 5.41) is 9.50. The standard InChI is InChI=1S/C9H7Cl2N3S2/c10-6-1-2-7(11)5(3-6)4-15-9-14-13-8(12)16-9/h1-3H,4H2,(H2,12,13). The zero-order valence-corrected chi connectivity index (χ0v) is 11.1. The molecule has 0 aliphatic rings. The van der Waals surface area contributed by atoms with Crippen molar-refractivity contribution in [2.24, 2.45) is 0 Å². The number of thioether (sulfide) groups is 1. The van der Waals surface area contributed by atoms with Crippen LogP contribution in [0.2, 0.25) is 10.0 Å². The van der Waals surface area contributed by atoms with Crippen LogP contribution in [0, 0.1) is 0 Å². The fourth-order valence-corrected chi connectivity index (χ4v) is 3.16. The van der Waals surface area contributed by atoms with Gasteiger partial charge >= 0.3 is 0 Å². The average molecular weight is 292 g/mol. The van der Waals surface area contributed by atoms with Gasteiger partial charge in [-0.2, -0.15) is 0 Å². The molecule has 0 atom stereocenters. The van der Waals surface area contributed by atoms with Crippen LogP contribution in [-0.2, 0) is 5.75 Å². The average Bonchev–Trinajstić information content (AvgIpc) is 2.66. The van der Waals surface area contributed by atoms with Crippen LogP contribution in [0.5, 0.6) is 0 Å². The van der Waals surface area contributed by atoms with Gasteiger partial charge in [0, 0.05) is 15.8 Å². The van der Waals surface area contributed by atoms with Crippen molar-refractivity contribution in [1.29, 1.82) is 0 Å². The number of nitrogen functional groups attached to an aromatic ring is 1. The summed E-state index contributed by atoms with van der Waals surface area (Å²) in [7, 11) is 0. The molecule has 0 spiro atoms. The largest absolute Gasteiger partial charge is 0.374 e. The van der Waals surface area contributed by atoms with Crippen LogP contribution < -0.4 is 5.73 Å². The summed E-state index contributed by atoms with van der Waals surface area (Å²) in [4.78, 5) is 0. The Morgan fingerprint density at radius 2 is 2.12 bits per heavy atom. The summed E-state index contributed by atoms with van der Waals surface area (Å²) < 4.78 is 0.827. The zero-order chi connectivity index (χ0) is 11.5. The molecule has 2 N–H and O–H groups in total. The van der Waals surface area contributed by atoms with Crippen LogP contribution in [0.25, 0.3) is 0 Å². The summed E-state index contributed by atoms with van der Waals surface area (Å²) >= 11 is 14.8. The molecule has 0 unspecified atom stereocenters. The SMILES string of the molecule is Nc1nnc(SCc2cc(Cl)ccc2Cl)s1. The Kier molecular flexibility index (Phi) is 3.91. The van der Waals surface area contributed by atoms with Gasteiger partial charge in [0.05, 0.1) is 0 Å². The third kappa shape index (κ3) is 3.01. The Balaban J connectivity index is 2.07. The normalized spacial score (nSPS) is 10.6. The molecule has 2 rings (SSSR count). The van der Waals surface area contributed by atoms with Crippen molar-refractivity contribution < 1.29 is 0 Å². The number of hydrogen-bond acceptors (Lipinski definition) is 5. The van der Waals surface area contributed by atoms with Gasteiger partial charge in [0.1, 0.15) is 0 Å². The second-order valence-corrected chi connectivity index (χ2v) is 6.01. The molecule has 0 aliphatic carbocycles. The van der Waals surface area contributed by atoms with E-state index >= 15 is 0 Å². The molecule has 16 heavy (non-hydrogen) atoms. The molecule has 7 heteroatoms. The van der Waals surface area contributed by atoms with Gasteiger partial charge in [0.25, 0.3) is 0 Å². The van der Waals surface area contributed by atoms with E-state index in [4.69, 9.17) is 28.9 Å². The van der Waals surface area contributed by atoms with Crippen LogP contribution in [0.15, 0.2) is 22.5 Å². The van der Waals surface area contributed by atoms with E-state index in [0.717, 1.165) is 9.90 Å². The van der Waals surface area contributed by atoms with E-state index in [-0.39, 0.29) is 0 Å². The molecular formula is C9H7Cl2N3S2.